The molecule has 3 heterocycles. The number of aromatic nitrogens is 5. The lowest BCUT2D eigenvalue weighted by molar-refractivity contribution is 0.395. The predicted octanol–water partition coefficient (Wildman–Crippen LogP) is 2.22. The first kappa shape index (κ1) is 10.9. The summed E-state index contributed by atoms with van der Waals surface area (Å²) in [5.41, 5.74) is 0.685. The Morgan fingerprint density at radius 2 is 2.21 bits per heavy atom. The van der Waals surface area contributed by atoms with Gasteiger partial charge in [-0.3, -0.25) is 4.98 Å². The molecule has 1 fully saturated rings. The summed E-state index contributed by atoms with van der Waals surface area (Å²) in [5.74, 6) is 1.56. The number of hydrogen-bond acceptors (Lipinski definition) is 6. The van der Waals surface area contributed by atoms with Crippen LogP contribution in [0.2, 0.25) is 0 Å². The van der Waals surface area contributed by atoms with Crippen molar-refractivity contribution in [3.8, 4) is 16.3 Å². The Hall–Kier alpha value is -2.02. The standard InChI is InChI=1S/C12H11N5OS/c18-9-6-13-5-4-8(9)11-16-17-10(7-2-1-3-7)14-15-12(17)19-11/h4-7,18H,1-3H2. The normalized spacial score (nSPS) is 15.8. The Kier molecular flexibility index (Phi) is 2.28. The van der Waals surface area contributed by atoms with E-state index in [0.717, 1.165) is 28.6 Å². The molecule has 3 aromatic heterocycles. The van der Waals surface area contributed by atoms with E-state index in [9.17, 15) is 5.11 Å². The third-order valence-corrected chi connectivity index (χ3v) is 4.45. The molecule has 19 heavy (non-hydrogen) atoms. The Morgan fingerprint density at radius 1 is 1.32 bits per heavy atom. The zero-order valence-electron chi connectivity index (χ0n) is 10.0. The summed E-state index contributed by atoms with van der Waals surface area (Å²) >= 11 is 1.43. The SMILES string of the molecule is Oc1cnccc1-c1nn2c(C3CCC3)nnc2s1. The van der Waals surface area contributed by atoms with Gasteiger partial charge in [-0.2, -0.15) is 9.61 Å². The summed E-state index contributed by atoms with van der Waals surface area (Å²) in [7, 11) is 0. The second-order valence-electron chi connectivity index (χ2n) is 4.68. The molecule has 0 amide bonds. The predicted molar refractivity (Wildman–Crippen MR) is 70.1 cm³/mol. The molecule has 0 unspecified atom stereocenters. The quantitative estimate of drug-likeness (QED) is 0.774. The molecule has 3 aromatic rings. The number of rotatable bonds is 2. The first-order valence-corrected chi connectivity index (χ1v) is 7.00. The molecule has 0 atom stereocenters. The summed E-state index contributed by atoms with van der Waals surface area (Å²) in [5, 5.41) is 23.5. The zero-order chi connectivity index (χ0) is 12.8. The average Bonchev–Trinajstić information content (AvgIpc) is 2.90. The molecule has 0 aliphatic heterocycles. The molecular weight excluding hydrogens is 262 g/mol. The van der Waals surface area contributed by atoms with Gasteiger partial charge >= 0.3 is 0 Å². The van der Waals surface area contributed by atoms with Crippen molar-refractivity contribution in [3.63, 3.8) is 0 Å². The monoisotopic (exact) mass is 273 g/mol. The van der Waals surface area contributed by atoms with Crippen LogP contribution in [0.5, 0.6) is 5.75 Å². The second kappa shape index (κ2) is 3.99. The lowest BCUT2D eigenvalue weighted by atomic mass is 9.85. The molecule has 0 bridgehead atoms. The van der Waals surface area contributed by atoms with E-state index < -0.39 is 0 Å². The van der Waals surface area contributed by atoms with Gasteiger partial charge in [-0.15, -0.1) is 10.2 Å². The third kappa shape index (κ3) is 1.61. The topological polar surface area (TPSA) is 76.2 Å². The van der Waals surface area contributed by atoms with Crippen molar-refractivity contribution < 1.29 is 5.11 Å². The molecule has 7 heteroatoms. The van der Waals surface area contributed by atoms with Crippen LogP contribution in [0.1, 0.15) is 31.0 Å². The first-order chi connectivity index (χ1) is 9.33. The van der Waals surface area contributed by atoms with Gasteiger partial charge in [-0.25, -0.2) is 0 Å². The van der Waals surface area contributed by atoms with E-state index in [1.807, 2.05) is 4.52 Å². The summed E-state index contributed by atoms with van der Waals surface area (Å²) in [6.07, 6.45) is 6.64. The molecule has 0 saturated heterocycles. The molecule has 0 radical (unpaired) electrons. The summed E-state index contributed by atoms with van der Waals surface area (Å²) < 4.78 is 1.81. The summed E-state index contributed by atoms with van der Waals surface area (Å²) in [6.45, 7) is 0. The van der Waals surface area contributed by atoms with E-state index in [4.69, 9.17) is 0 Å². The molecule has 0 aromatic carbocycles. The molecular formula is C12H11N5OS. The maximum atomic E-state index is 9.82. The van der Waals surface area contributed by atoms with Gasteiger partial charge in [0.15, 0.2) is 10.8 Å². The van der Waals surface area contributed by atoms with Gasteiger partial charge in [0, 0.05) is 12.1 Å². The smallest absolute Gasteiger partial charge is 0.234 e. The van der Waals surface area contributed by atoms with Crippen molar-refractivity contribution in [3.05, 3.63) is 24.3 Å². The molecule has 1 aliphatic rings. The van der Waals surface area contributed by atoms with Crippen LogP contribution in [0.4, 0.5) is 0 Å². The Morgan fingerprint density at radius 3 is 2.95 bits per heavy atom. The summed E-state index contributed by atoms with van der Waals surface area (Å²) in [4.78, 5) is 4.64. The van der Waals surface area contributed by atoms with E-state index in [1.54, 1.807) is 12.3 Å². The van der Waals surface area contributed by atoms with Crippen LogP contribution in [0.15, 0.2) is 18.5 Å². The van der Waals surface area contributed by atoms with Gasteiger partial charge in [-0.1, -0.05) is 17.8 Å². The van der Waals surface area contributed by atoms with Gasteiger partial charge in [-0.05, 0) is 18.9 Å². The van der Waals surface area contributed by atoms with Gasteiger partial charge in [0.05, 0.1) is 11.8 Å². The lowest BCUT2D eigenvalue weighted by Crippen LogP contribution is -2.12. The Bertz CT molecular complexity index is 746. The maximum Gasteiger partial charge on any atom is 0.234 e. The van der Waals surface area contributed by atoms with Crippen LogP contribution in [0.3, 0.4) is 0 Å². The van der Waals surface area contributed by atoms with Gasteiger partial charge in [0.25, 0.3) is 0 Å². The molecule has 96 valence electrons. The van der Waals surface area contributed by atoms with Crippen molar-refractivity contribution in [2.24, 2.45) is 0 Å². The Balaban J connectivity index is 1.84. The highest BCUT2D eigenvalue weighted by Gasteiger charge is 2.26. The number of hydrogen-bond donors (Lipinski definition) is 1. The first-order valence-electron chi connectivity index (χ1n) is 6.18. The van der Waals surface area contributed by atoms with Crippen LogP contribution in [-0.4, -0.2) is 29.9 Å². The average molecular weight is 273 g/mol. The van der Waals surface area contributed by atoms with Crippen molar-refractivity contribution in [2.45, 2.75) is 25.2 Å². The fraction of sp³-hybridized carbons (Fsp3) is 0.333. The Labute approximate surface area is 112 Å². The van der Waals surface area contributed by atoms with E-state index >= 15 is 0 Å². The molecule has 4 rings (SSSR count). The number of pyridine rings is 1. The van der Waals surface area contributed by atoms with Crippen LogP contribution in [-0.2, 0) is 0 Å². The van der Waals surface area contributed by atoms with E-state index in [0.29, 0.717) is 11.5 Å². The zero-order valence-corrected chi connectivity index (χ0v) is 10.8. The van der Waals surface area contributed by atoms with Crippen LogP contribution in [0, 0.1) is 0 Å². The maximum absolute atomic E-state index is 9.82. The van der Waals surface area contributed by atoms with Gasteiger partial charge in [0.2, 0.25) is 4.96 Å². The van der Waals surface area contributed by atoms with Crippen molar-refractivity contribution >= 4 is 16.3 Å². The molecule has 0 spiro atoms. The van der Waals surface area contributed by atoms with Crippen molar-refractivity contribution in [1.29, 1.82) is 0 Å². The summed E-state index contributed by atoms with van der Waals surface area (Å²) in [6, 6.07) is 1.75. The highest BCUT2D eigenvalue weighted by molar-refractivity contribution is 7.19. The van der Waals surface area contributed by atoms with E-state index in [1.165, 1.54) is 24.0 Å². The van der Waals surface area contributed by atoms with Crippen molar-refractivity contribution in [1.82, 2.24) is 24.8 Å². The van der Waals surface area contributed by atoms with E-state index in [-0.39, 0.29) is 5.75 Å². The van der Waals surface area contributed by atoms with Crippen LogP contribution in [0.25, 0.3) is 15.5 Å². The highest BCUT2D eigenvalue weighted by atomic mass is 32.1. The van der Waals surface area contributed by atoms with Crippen LogP contribution < -0.4 is 0 Å². The molecule has 6 nitrogen and oxygen atoms in total. The minimum Gasteiger partial charge on any atom is -0.506 e. The molecule has 1 N–H and O–H groups in total. The van der Waals surface area contributed by atoms with Crippen LogP contribution >= 0.6 is 11.3 Å². The van der Waals surface area contributed by atoms with Crippen molar-refractivity contribution in [2.75, 3.05) is 0 Å². The lowest BCUT2D eigenvalue weighted by Gasteiger charge is -2.22. The van der Waals surface area contributed by atoms with Gasteiger partial charge < -0.3 is 5.11 Å². The number of aromatic hydroxyl groups is 1. The molecule has 1 saturated carbocycles. The van der Waals surface area contributed by atoms with Gasteiger partial charge in [0.1, 0.15) is 5.75 Å². The fourth-order valence-corrected chi connectivity index (χ4v) is 3.11. The number of nitrogens with zero attached hydrogens (tertiary/aromatic N) is 5. The molecule has 1 aliphatic carbocycles. The third-order valence-electron chi connectivity index (χ3n) is 3.52. The second-order valence-corrected chi connectivity index (χ2v) is 5.64. The van der Waals surface area contributed by atoms with E-state index in [2.05, 4.69) is 20.3 Å². The number of fused-ring (bicyclic) bond motifs is 1. The largest absolute Gasteiger partial charge is 0.506 e. The highest BCUT2D eigenvalue weighted by Crippen LogP contribution is 2.37. The minimum absolute atomic E-state index is 0.137. The minimum atomic E-state index is 0.137. The fourth-order valence-electron chi connectivity index (χ4n) is 2.23.